The number of anilines is 1. The quantitative estimate of drug-likeness (QED) is 0.688. The third-order valence-electron chi connectivity index (χ3n) is 2.92. The number of hydrogen-bond acceptors (Lipinski definition) is 3. The van der Waals surface area contributed by atoms with Crippen LogP contribution in [0.4, 0.5) is 10.5 Å². The van der Waals surface area contributed by atoms with Crippen molar-refractivity contribution in [1.29, 1.82) is 0 Å². The molecular weight excluding hydrogens is 272 g/mol. The summed E-state index contributed by atoms with van der Waals surface area (Å²) < 4.78 is 5.30. The summed E-state index contributed by atoms with van der Waals surface area (Å²) in [5.74, 6) is -0.711. The minimum Gasteiger partial charge on any atom is -0.494 e. The average molecular weight is 294 g/mol. The minimum atomic E-state index is -0.891. The average Bonchev–Trinajstić information content (AvgIpc) is 2.45. The van der Waals surface area contributed by atoms with Crippen molar-refractivity contribution in [2.24, 2.45) is 5.92 Å². The first-order valence-corrected chi connectivity index (χ1v) is 7.07. The first-order valence-electron chi connectivity index (χ1n) is 7.07. The summed E-state index contributed by atoms with van der Waals surface area (Å²) in [5.41, 5.74) is 0.623. The Morgan fingerprint density at radius 3 is 2.43 bits per heavy atom. The molecule has 0 heterocycles. The Labute approximate surface area is 124 Å². The molecule has 1 aromatic rings. The van der Waals surface area contributed by atoms with Crippen LogP contribution in [0, 0.1) is 5.92 Å². The standard InChI is InChI=1S/C15H22N2O4/c1-3-5-11(14(18)19)10-16-15(20)17-12-6-8-13(9-7-12)21-4-2/h6-9,11H,3-5,10H2,1-2H3,(H,18,19)(H2,16,17,20). The second kappa shape index (κ2) is 8.84. The smallest absolute Gasteiger partial charge is 0.319 e. The summed E-state index contributed by atoms with van der Waals surface area (Å²) in [4.78, 5) is 22.7. The van der Waals surface area contributed by atoms with E-state index in [1.807, 2.05) is 13.8 Å². The Kier molecular flexibility index (Phi) is 7.08. The van der Waals surface area contributed by atoms with Crippen LogP contribution in [0.25, 0.3) is 0 Å². The lowest BCUT2D eigenvalue weighted by Crippen LogP contribution is -2.35. The van der Waals surface area contributed by atoms with Crippen LogP contribution in [0.2, 0.25) is 0 Å². The second-order valence-corrected chi connectivity index (χ2v) is 4.62. The van der Waals surface area contributed by atoms with Gasteiger partial charge in [-0.25, -0.2) is 4.79 Å². The van der Waals surface area contributed by atoms with Crippen molar-refractivity contribution < 1.29 is 19.4 Å². The van der Waals surface area contributed by atoms with Gasteiger partial charge in [-0.3, -0.25) is 4.79 Å². The molecule has 0 aliphatic carbocycles. The highest BCUT2D eigenvalue weighted by atomic mass is 16.5. The molecule has 0 bridgehead atoms. The molecule has 0 saturated heterocycles. The molecule has 0 radical (unpaired) electrons. The Morgan fingerprint density at radius 2 is 1.90 bits per heavy atom. The summed E-state index contributed by atoms with van der Waals surface area (Å²) in [5, 5.41) is 14.2. The lowest BCUT2D eigenvalue weighted by molar-refractivity contribution is -0.141. The van der Waals surface area contributed by atoms with Gasteiger partial charge in [0.05, 0.1) is 12.5 Å². The summed E-state index contributed by atoms with van der Waals surface area (Å²) in [6.07, 6.45) is 1.30. The molecule has 21 heavy (non-hydrogen) atoms. The minimum absolute atomic E-state index is 0.117. The van der Waals surface area contributed by atoms with Crippen LogP contribution in [0.15, 0.2) is 24.3 Å². The Hall–Kier alpha value is -2.24. The summed E-state index contributed by atoms with van der Waals surface area (Å²) >= 11 is 0. The molecule has 6 nitrogen and oxygen atoms in total. The molecule has 0 fully saturated rings. The fourth-order valence-electron chi connectivity index (χ4n) is 1.85. The van der Waals surface area contributed by atoms with Gasteiger partial charge in [0.15, 0.2) is 0 Å². The van der Waals surface area contributed by atoms with E-state index >= 15 is 0 Å². The number of carbonyl (C=O) groups is 2. The molecule has 1 unspecified atom stereocenters. The number of nitrogens with one attached hydrogen (secondary N) is 2. The van der Waals surface area contributed by atoms with E-state index in [0.29, 0.717) is 18.7 Å². The van der Waals surface area contributed by atoms with E-state index in [1.165, 1.54) is 0 Å². The summed E-state index contributed by atoms with van der Waals surface area (Å²) in [7, 11) is 0. The van der Waals surface area contributed by atoms with Crippen LogP contribution in [0.1, 0.15) is 26.7 Å². The van der Waals surface area contributed by atoms with Gasteiger partial charge in [0.25, 0.3) is 0 Å². The van der Waals surface area contributed by atoms with Crippen LogP contribution in [-0.2, 0) is 4.79 Å². The van der Waals surface area contributed by atoms with Crippen LogP contribution < -0.4 is 15.4 Å². The van der Waals surface area contributed by atoms with Crippen LogP contribution in [0.5, 0.6) is 5.75 Å². The maximum atomic E-state index is 11.7. The zero-order valence-corrected chi connectivity index (χ0v) is 12.4. The van der Waals surface area contributed by atoms with E-state index < -0.39 is 17.9 Å². The van der Waals surface area contributed by atoms with Gasteiger partial charge in [0.2, 0.25) is 0 Å². The number of carboxylic acids is 1. The molecule has 3 N–H and O–H groups in total. The highest BCUT2D eigenvalue weighted by Gasteiger charge is 2.17. The molecule has 1 rings (SSSR count). The Bertz CT molecular complexity index is 459. The molecule has 0 aliphatic rings. The zero-order chi connectivity index (χ0) is 15.7. The van der Waals surface area contributed by atoms with Crippen molar-refractivity contribution in [3.63, 3.8) is 0 Å². The largest absolute Gasteiger partial charge is 0.494 e. The van der Waals surface area contributed by atoms with Crippen molar-refractivity contribution in [2.45, 2.75) is 26.7 Å². The van der Waals surface area contributed by atoms with Crippen LogP contribution in [-0.4, -0.2) is 30.3 Å². The van der Waals surface area contributed by atoms with E-state index in [2.05, 4.69) is 10.6 Å². The van der Waals surface area contributed by atoms with Crippen molar-refractivity contribution >= 4 is 17.7 Å². The van der Waals surface area contributed by atoms with E-state index in [0.717, 1.165) is 12.2 Å². The Morgan fingerprint density at radius 1 is 1.24 bits per heavy atom. The fourth-order valence-corrected chi connectivity index (χ4v) is 1.85. The Balaban J connectivity index is 2.44. The predicted molar refractivity (Wildman–Crippen MR) is 80.7 cm³/mol. The SMILES string of the molecule is CCCC(CNC(=O)Nc1ccc(OCC)cc1)C(=O)O. The summed E-state index contributed by atoms with van der Waals surface area (Å²) in [6.45, 7) is 4.51. The molecule has 1 aromatic carbocycles. The molecule has 6 heteroatoms. The number of benzene rings is 1. The van der Waals surface area contributed by atoms with Gasteiger partial charge in [-0.15, -0.1) is 0 Å². The van der Waals surface area contributed by atoms with Crippen molar-refractivity contribution in [1.82, 2.24) is 5.32 Å². The topological polar surface area (TPSA) is 87.7 Å². The van der Waals surface area contributed by atoms with Gasteiger partial charge in [0, 0.05) is 12.2 Å². The van der Waals surface area contributed by atoms with E-state index in [9.17, 15) is 9.59 Å². The van der Waals surface area contributed by atoms with Gasteiger partial charge in [-0.2, -0.15) is 0 Å². The lowest BCUT2D eigenvalue weighted by Gasteiger charge is -2.13. The molecule has 1 atom stereocenters. The van der Waals surface area contributed by atoms with Crippen molar-refractivity contribution in [2.75, 3.05) is 18.5 Å². The van der Waals surface area contributed by atoms with E-state index in [4.69, 9.17) is 9.84 Å². The number of aliphatic carboxylic acids is 1. The maximum Gasteiger partial charge on any atom is 0.319 e. The molecule has 0 spiro atoms. The highest BCUT2D eigenvalue weighted by Crippen LogP contribution is 2.15. The van der Waals surface area contributed by atoms with Gasteiger partial charge < -0.3 is 20.5 Å². The number of hydrogen-bond donors (Lipinski definition) is 3. The second-order valence-electron chi connectivity index (χ2n) is 4.62. The first kappa shape index (κ1) is 16.8. The number of amides is 2. The number of carboxylic acid groups (broad SMARTS) is 1. The molecular formula is C15H22N2O4. The summed E-state index contributed by atoms with van der Waals surface area (Å²) in [6, 6.07) is 6.56. The number of ether oxygens (including phenoxy) is 1. The molecule has 0 aromatic heterocycles. The predicted octanol–water partition coefficient (Wildman–Crippen LogP) is 2.71. The molecule has 0 aliphatic heterocycles. The van der Waals surface area contributed by atoms with Gasteiger partial charge >= 0.3 is 12.0 Å². The van der Waals surface area contributed by atoms with Crippen LogP contribution >= 0.6 is 0 Å². The van der Waals surface area contributed by atoms with Crippen molar-refractivity contribution in [3.8, 4) is 5.75 Å². The fraction of sp³-hybridized carbons (Fsp3) is 0.467. The first-order chi connectivity index (χ1) is 10.1. The monoisotopic (exact) mass is 294 g/mol. The van der Waals surface area contributed by atoms with Gasteiger partial charge in [-0.05, 0) is 37.6 Å². The normalized spacial score (nSPS) is 11.5. The van der Waals surface area contributed by atoms with E-state index in [-0.39, 0.29) is 6.54 Å². The number of carbonyl (C=O) groups excluding carboxylic acids is 1. The third kappa shape index (κ3) is 6.16. The van der Waals surface area contributed by atoms with Crippen LogP contribution in [0.3, 0.4) is 0 Å². The van der Waals surface area contributed by atoms with Gasteiger partial charge in [0.1, 0.15) is 5.75 Å². The highest BCUT2D eigenvalue weighted by molar-refractivity contribution is 5.89. The molecule has 116 valence electrons. The van der Waals surface area contributed by atoms with Gasteiger partial charge in [-0.1, -0.05) is 13.3 Å². The molecule has 0 saturated carbocycles. The zero-order valence-electron chi connectivity index (χ0n) is 12.4. The number of rotatable bonds is 8. The lowest BCUT2D eigenvalue weighted by atomic mass is 10.0. The molecule has 2 amide bonds. The third-order valence-corrected chi connectivity index (χ3v) is 2.92. The van der Waals surface area contributed by atoms with E-state index in [1.54, 1.807) is 24.3 Å². The maximum absolute atomic E-state index is 11.7. The van der Waals surface area contributed by atoms with Crippen molar-refractivity contribution in [3.05, 3.63) is 24.3 Å². The number of urea groups is 1.